The highest BCUT2D eigenvalue weighted by atomic mass is 19.1. The zero-order valence-electron chi connectivity index (χ0n) is 22.0. The number of fused-ring (bicyclic) bond motifs is 3. The molecule has 2 N–H and O–H groups in total. The monoisotopic (exact) mass is 504 g/mol. The van der Waals surface area contributed by atoms with Crippen molar-refractivity contribution < 1.29 is 13.9 Å². The van der Waals surface area contributed by atoms with Gasteiger partial charge < -0.3 is 15.2 Å². The molecule has 2 aliphatic carbocycles. The minimum absolute atomic E-state index is 0.260. The molecule has 1 aromatic carbocycles. The van der Waals surface area contributed by atoms with E-state index in [0.717, 1.165) is 48.2 Å². The fraction of sp³-hybridized carbons (Fsp3) is 0.500. The molecule has 6 nitrogen and oxygen atoms in total. The fourth-order valence-electron chi connectivity index (χ4n) is 6.41. The van der Waals surface area contributed by atoms with Crippen molar-refractivity contribution in [3.8, 4) is 22.6 Å². The van der Waals surface area contributed by atoms with Crippen LogP contribution in [0.25, 0.3) is 22.6 Å². The Labute approximate surface area is 218 Å². The van der Waals surface area contributed by atoms with Gasteiger partial charge in [0.2, 0.25) is 0 Å². The first-order valence-corrected chi connectivity index (χ1v) is 13.7. The molecule has 2 aromatic heterocycles. The molecule has 37 heavy (non-hydrogen) atoms. The van der Waals surface area contributed by atoms with Crippen LogP contribution in [0, 0.1) is 17.7 Å². The van der Waals surface area contributed by atoms with Gasteiger partial charge >= 0.3 is 0 Å². The molecule has 7 heteroatoms. The lowest BCUT2D eigenvalue weighted by atomic mass is 9.63. The third-order valence-electron chi connectivity index (χ3n) is 8.15. The number of halogens is 1. The molecule has 1 aliphatic heterocycles. The van der Waals surface area contributed by atoms with Crippen molar-refractivity contribution in [2.45, 2.75) is 64.6 Å². The van der Waals surface area contributed by atoms with Crippen LogP contribution in [-0.2, 0) is 22.3 Å². The lowest BCUT2D eigenvalue weighted by Gasteiger charge is -2.48. The molecule has 2 fully saturated rings. The molecule has 3 aromatic rings. The summed E-state index contributed by atoms with van der Waals surface area (Å²) >= 11 is 0. The molecule has 3 aliphatic rings. The van der Waals surface area contributed by atoms with E-state index in [2.05, 4.69) is 11.9 Å². The fourth-order valence-corrected chi connectivity index (χ4v) is 6.41. The van der Waals surface area contributed by atoms with E-state index in [0.29, 0.717) is 49.2 Å². The number of ether oxygens (including phenoxy) is 2. The first kappa shape index (κ1) is 25.9. The SMILES string of the molecule is CC.CC1C2CCc3c(-c4ccccc4F)nc(-c4ccnc(CCN)c4)nc3C2CCC12OCCO2. The second-order valence-corrected chi connectivity index (χ2v) is 9.96. The van der Waals surface area contributed by atoms with Gasteiger partial charge in [0, 0.05) is 53.3 Å². The average Bonchev–Trinajstić information content (AvgIpc) is 3.41. The van der Waals surface area contributed by atoms with E-state index in [4.69, 9.17) is 25.2 Å². The Morgan fingerprint density at radius 2 is 1.86 bits per heavy atom. The molecule has 6 rings (SSSR count). The first-order chi connectivity index (χ1) is 18.1. The summed E-state index contributed by atoms with van der Waals surface area (Å²) in [5, 5.41) is 0. The van der Waals surface area contributed by atoms with Crippen molar-refractivity contribution in [3.05, 3.63) is 65.4 Å². The number of nitrogens with two attached hydrogens (primary N) is 1. The van der Waals surface area contributed by atoms with Gasteiger partial charge in [-0.15, -0.1) is 0 Å². The maximum Gasteiger partial charge on any atom is 0.171 e. The van der Waals surface area contributed by atoms with Crippen LogP contribution < -0.4 is 5.73 Å². The van der Waals surface area contributed by atoms with E-state index in [9.17, 15) is 0 Å². The molecule has 3 unspecified atom stereocenters. The van der Waals surface area contributed by atoms with E-state index in [1.165, 1.54) is 6.07 Å². The van der Waals surface area contributed by atoms with Gasteiger partial charge in [-0.2, -0.15) is 0 Å². The Balaban J connectivity index is 0.00000137. The zero-order valence-corrected chi connectivity index (χ0v) is 22.0. The number of nitrogens with zero attached hydrogens (tertiary/aromatic N) is 3. The van der Waals surface area contributed by atoms with Crippen molar-refractivity contribution in [2.24, 2.45) is 17.6 Å². The van der Waals surface area contributed by atoms with Crippen molar-refractivity contribution in [1.82, 2.24) is 15.0 Å². The topological polar surface area (TPSA) is 83.2 Å². The summed E-state index contributed by atoms with van der Waals surface area (Å²) in [5.74, 6) is 0.823. The van der Waals surface area contributed by atoms with Crippen LogP contribution in [0.5, 0.6) is 0 Å². The highest BCUT2D eigenvalue weighted by Crippen LogP contribution is 2.54. The molecule has 1 spiro atoms. The number of hydrogen-bond donors (Lipinski definition) is 1. The average molecular weight is 505 g/mol. The third kappa shape index (κ3) is 4.69. The minimum Gasteiger partial charge on any atom is -0.347 e. The van der Waals surface area contributed by atoms with Crippen LogP contribution in [0.15, 0.2) is 42.6 Å². The second-order valence-electron chi connectivity index (χ2n) is 9.96. The third-order valence-corrected chi connectivity index (χ3v) is 8.15. The summed E-state index contributed by atoms with van der Waals surface area (Å²) in [7, 11) is 0. The Kier molecular flexibility index (Phi) is 7.65. The van der Waals surface area contributed by atoms with Crippen molar-refractivity contribution >= 4 is 0 Å². The normalized spacial score (nSPS) is 23.6. The van der Waals surface area contributed by atoms with Crippen LogP contribution in [-0.4, -0.2) is 40.5 Å². The minimum atomic E-state index is -0.467. The van der Waals surface area contributed by atoms with Gasteiger partial charge in [-0.25, -0.2) is 14.4 Å². The molecule has 1 saturated carbocycles. The molecule has 196 valence electrons. The maximum atomic E-state index is 15.0. The van der Waals surface area contributed by atoms with E-state index < -0.39 is 5.79 Å². The van der Waals surface area contributed by atoms with Crippen LogP contribution in [0.1, 0.15) is 62.9 Å². The van der Waals surface area contributed by atoms with Crippen molar-refractivity contribution in [3.63, 3.8) is 0 Å². The highest BCUT2D eigenvalue weighted by molar-refractivity contribution is 5.69. The molecule has 3 heterocycles. The predicted octanol–water partition coefficient (Wildman–Crippen LogP) is 5.69. The van der Waals surface area contributed by atoms with E-state index in [1.807, 2.05) is 38.1 Å². The van der Waals surface area contributed by atoms with E-state index >= 15 is 4.39 Å². The predicted molar refractivity (Wildman–Crippen MR) is 142 cm³/mol. The molecule has 1 saturated heterocycles. The molecular formula is C30H37FN4O2. The van der Waals surface area contributed by atoms with Crippen LogP contribution in [0.4, 0.5) is 4.39 Å². The van der Waals surface area contributed by atoms with Gasteiger partial charge in [0.05, 0.1) is 24.6 Å². The highest BCUT2D eigenvalue weighted by Gasteiger charge is 2.53. The van der Waals surface area contributed by atoms with Gasteiger partial charge in [-0.1, -0.05) is 32.9 Å². The van der Waals surface area contributed by atoms with Crippen LogP contribution in [0.3, 0.4) is 0 Å². The Hall–Kier alpha value is -2.74. The molecule has 0 bridgehead atoms. The summed E-state index contributed by atoms with van der Waals surface area (Å²) in [6.45, 7) is 8.11. The number of pyridine rings is 1. The Morgan fingerprint density at radius 1 is 1.08 bits per heavy atom. The van der Waals surface area contributed by atoms with E-state index in [1.54, 1.807) is 12.3 Å². The van der Waals surface area contributed by atoms with Gasteiger partial charge in [0.25, 0.3) is 0 Å². The van der Waals surface area contributed by atoms with Crippen molar-refractivity contribution in [1.29, 1.82) is 0 Å². The summed E-state index contributed by atoms with van der Waals surface area (Å²) in [6.07, 6.45) is 6.05. The van der Waals surface area contributed by atoms with Crippen LogP contribution in [0.2, 0.25) is 0 Å². The summed E-state index contributed by atoms with van der Waals surface area (Å²) < 4.78 is 27.3. The summed E-state index contributed by atoms with van der Waals surface area (Å²) in [5.41, 5.74) is 10.9. The quantitative estimate of drug-likeness (QED) is 0.491. The zero-order chi connectivity index (χ0) is 26.0. The first-order valence-electron chi connectivity index (χ1n) is 13.7. The molecular weight excluding hydrogens is 467 g/mol. The Morgan fingerprint density at radius 3 is 2.62 bits per heavy atom. The summed E-state index contributed by atoms with van der Waals surface area (Å²) in [4.78, 5) is 14.5. The molecule has 0 radical (unpaired) electrons. The maximum absolute atomic E-state index is 15.0. The number of hydrogen-bond acceptors (Lipinski definition) is 6. The lowest BCUT2D eigenvalue weighted by molar-refractivity contribution is -0.226. The van der Waals surface area contributed by atoms with Gasteiger partial charge in [0.15, 0.2) is 11.6 Å². The smallest absolute Gasteiger partial charge is 0.171 e. The van der Waals surface area contributed by atoms with Crippen molar-refractivity contribution in [2.75, 3.05) is 19.8 Å². The molecule has 0 amide bonds. The van der Waals surface area contributed by atoms with Gasteiger partial charge in [-0.3, -0.25) is 4.98 Å². The Bertz CT molecular complexity index is 1240. The largest absolute Gasteiger partial charge is 0.347 e. The molecule has 3 atom stereocenters. The second kappa shape index (κ2) is 10.9. The van der Waals surface area contributed by atoms with E-state index in [-0.39, 0.29) is 17.7 Å². The standard InChI is InChI=1S/C28H31FN4O2.C2H6/c1-17-20-6-7-23-25(21(20)8-11-28(17)34-14-15-35-28)32-27(18-10-13-31-19(16-18)9-12-30)33-26(23)22-4-2-3-5-24(22)29;1-2/h2-5,10,13,16-17,20-21H,6-9,11-12,14-15,30H2,1H3;1-2H3. The van der Waals surface area contributed by atoms with Gasteiger partial charge in [-0.05, 0) is 56.0 Å². The number of aromatic nitrogens is 3. The summed E-state index contributed by atoms with van der Waals surface area (Å²) in [6, 6.07) is 10.8. The lowest BCUT2D eigenvalue weighted by Crippen LogP contribution is -2.48. The van der Waals surface area contributed by atoms with Gasteiger partial charge in [0.1, 0.15) is 5.82 Å². The van der Waals surface area contributed by atoms with Crippen LogP contribution >= 0.6 is 0 Å². The number of rotatable bonds is 4. The number of benzene rings is 1.